The maximum absolute atomic E-state index is 8.59. The molecule has 0 bridgehead atoms. The molecule has 72 valence electrons. The zero-order valence-electron chi connectivity index (χ0n) is 5.11. The number of rotatable bonds is 0. The first kappa shape index (κ1) is 23.7. The van der Waals surface area contributed by atoms with Crippen LogP contribution in [0.3, 0.4) is 0 Å². The van der Waals surface area contributed by atoms with Crippen LogP contribution >= 0.6 is 0 Å². The van der Waals surface area contributed by atoms with E-state index >= 15 is 0 Å². The van der Waals surface area contributed by atoms with Crippen LogP contribution in [0.25, 0.3) is 0 Å². The van der Waals surface area contributed by atoms with Crippen LogP contribution in [0, 0.1) is 0 Å². The molecular weight excluding hydrogens is 378 g/mol. The number of hydrogen-bond donors (Lipinski definition) is 0. The summed E-state index contributed by atoms with van der Waals surface area (Å²) in [5.74, 6) is 0. The molecule has 0 amide bonds. The molecule has 12 heteroatoms. The predicted molar refractivity (Wildman–Crippen MR) is 8.50 cm³/mol. The van der Waals surface area contributed by atoms with Gasteiger partial charge in [-0.1, -0.05) is 0 Å². The van der Waals surface area contributed by atoms with Gasteiger partial charge >= 0.3 is 121 Å². The second-order valence-electron chi connectivity index (χ2n) is 0.816. The molecular formula is Cr2NiO8Sr. The Balaban J connectivity index is -0.0000000457. The minimum Gasteiger partial charge on any atom is 2.00 e. The standard InChI is InChI=1S/2Cr.Ni.8O.Sr/q;;+2;;;;;4*-1;+2. The summed E-state index contributed by atoms with van der Waals surface area (Å²) in [4.78, 5) is 0. The van der Waals surface area contributed by atoms with Crippen molar-refractivity contribution in [3.05, 3.63) is 0 Å². The first-order chi connectivity index (χ1) is 4.00. The summed E-state index contributed by atoms with van der Waals surface area (Å²) in [6, 6.07) is 0. The molecule has 0 aromatic carbocycles. The SMILES string of the molecule is [Ni+2].[O]=[Cr](=[O])([O-])[O-].[O]=[Cr](=[O])([O-])[O-].[Sr+2]. The van der Waals surface area contributed by atoms with Gasteiger partial charge in [-0.05, 0) is 0 Å². The van der Waals surface area contributed by atoms with Gasteiger partial charge in [0.1, 0.15) is 0 Å². The fraction of sp³-hybridized carbons (Fsp3) is 0. The van der Waals surface area contributed by atoms with Gasteiger partial charge in [0, 0.05) is 0 Å². The Morgan fingerprint density at radius 3 is 0.667 bits per heavy atom. The van der Waals surface area contributed by atoms with E-state index in [0.29, 0.717) is 0 Å². The van der Waals surface area contributed by atoms with Crippen molar-refractivity contribution in [3.8, 4) is 0 Å². The largest absolute Gasteiger partial charge is 2.00 e. The van der Waals surface area contributed by atoms with Gasteiger partial charge in [0.15, 0.2) is 0 Å². The Kier molecular flexibility index (Phi) is 19.0. The van der Waals surface area contributed by atoms with E-state index in [1.54, 1.807) is 0 Å². The third-order valence-electron chi connectivity index (χ3n) is 0. The number of hydrogen-bond acceptors (Lipinski definition) is 8. The third-order valence-corrected chi connectivity index (χ3v) is 0. The quantitative estimate of drug-likeness (QED) is 0.377. The van der Waals surface area contributed by atoms with Crippen molar-refractivity contribution in [2.24, 2.45) is 0 Å². The Bertz CT molecular complexity index is 213. The zero-order chi connectivity index (χ0) is 9.00. The van der Waals surface area contributed by atoms with Crippen LogP contribution in [0.4, 0.5) is 0 Å². The molecule has 0 fully saturated rings. The molecule has 0 N–H and O–H groups in total. The second kappa shape index (κ2) is 9.63. The molecule has 0 spiro atoms. The van der Waals surface area contributed by atoms with E-state index in [9.17, 15) is 0 Å². The van der Waals surface area contributed by atoms with E-state index in [1.165, 1.54) is 0 Å². The van der Waals surface area contributed by atoms with Crippen LogP contribution in [0.2, 0.25) is 0 Å². The summed E-state index contributed by atoms with van der Waals surface area (Å²) in [5, 5.41) is 0. The van der Waals surface area contributed by atoms with Crippen LogP contribution in [-0.2, 0) is 58.9 Å². The van der Waals surface area contributed by atoms with E-state index in [0.717, 1.165) is 0 Å². The van der Waals surface area contributed by atoms with E-state index in [1.807, 2.05) is 0 Å². The fourth-order valence-corrected chi connectivity index (χ4v) is 0. The minimum atomic E-state index is -5.75. The molecule has 0 heterocycles. The van der Waals surface area contributed by atoms with Crippen molar-refractivity contribution in [1.82, 2.24) is 0 Å². The zero-order valence-corrected chi connectivity index (χ0v) is 12.1. The summed E-state index contributed by atoms with van der Waals surface area (Å²) in [6.45, 7) is 0. The summed E-state index contributed by atoms with van der Waals surface area (Å²) in [6.07, 6.45) is 0. The molecule has 0 saturated heterocycles. The second-order valence-corrected chi connectivity index (χ2v) is 3.37. The third kappa shape index (κ3) is 343. The fourth-order valence-electron chi connectivity index (χ4n) is 0. The molecule has 0 aliphatic heterocycles. The van der Waals surface area contributed by atoms with E-state index in [4.69, 9.17) is 31.8 Å². The van der Waals surface area contributed by atoms with E-state index in [2.05, 4.69) is 0 Å². The van der Waals surface area contributed by atoms with Gasteiger partial charge in [0.05, 0.1) is 0 Å². The average Bonchev–Trinajstić information content (AvgIpc) is 1.12. The van der Waals surface area contributed by atoms with Crippen molar-refractivity contribution in [2.75, 3.05) is 0 Å². The van der Waals surface area contributed by atoms with Gasteiger partial charge < -0.3 is 0 Å². The summed E-state index contributed by atoms with van der Waals surface area (Å²) in [7, 11) is 0. The van der Waals surface area contributed by atoms with Crippen LogP contribution in [0.1, 0.15) is 0 Å². The van der Waals surface area contributed by atoms with Crippen molar-refractivity contribution in [1.29, 1.82) is 0 Å². The van der Waals surface area contributed by atoms with E-state index < -0.39 is 27.2 Å². The monoisotopic (exact) mass is 378 g/mol. The Morgan fingerprint density at radius 1 is 0.667 bits per heavy atom. The molecule has 8 nitrogen and oxygen atoms in total. The molecule has 0 aliphatic rings. The van der Waals surface area contributed by atoms with Gasteiger partial charge in [-0.15, -0.1) is 0 Å². The van der Waals surface area contributed by atoms with Crippen LogP contribution < -0.4 is 16.6 Å². The van der Waals surface area contributed by atoms with E-state index in [-0.39, 0.29) is 62.0 Å². The molecule has 0 aromatic rings. The molecule has 0 unspecified atom stereocenters. The topological polar surface area (TPSA) is 161 Å². The molecule has 0 rings (SSSR count). The first-order valence-electron chi connectivity index (χ1n) is 1.33. The van der Waals surface area contributed by atoms with Gasteiger partial charge in [0.2, 0.25) is 0 Å². The maximum Gasteiger partial charge on any atom is 2.00 e. The predicted octanol–water partition coefficient (Wildman–Crippen LogP) is -5.62. The van der Waals surface area contributed by atoms with Gasteiger partial charge in [-0.2, -0.15) is 0 Å². The van der Waals surface area contributed by atoms with Gasteiger partial charge in [0.25, 0.3) is 0 Å². The summed E-state index contributed by atoms with van der Waals surface area (Å²) in [5.41, 5.74) is 0. The molecule has 12 heavy (non-hydrogen) atoms. The van der Waals surface area contributed by atoms with Crippen molar-refractivity contribution >= 4 is 45.5 Å². The average molecular weight is 378 g/mol. The van der Waals surface area contributed by atoms with Crippen LogP contribution in [0.5, 0.6) is 0 Å². The Hall–Kier alpha value is 2.08. The molecule has 0 atom stereocenters. The van der Waals surface area contributed by atoms with Crippen LogP contribution in [-0.4, -0.2) is 45.5 Å². The molecule has 0 radical (unpaired) electrons. The maximum atomic E-state index is 8.59. The normalized spacial score (nSPS) is 9.67. The summed E-state index contributed by atoms with van der Waals surface area (Å²) >= 11 is -11.5. The summed E-state index contributed by atoms with van der Waals surface area (Å²) < 4.78 is 68.8. The van der Waals surface area contributed by atoms with Crippen molar-refractivity contribution in [2.45, 2.75) is 0 Å². The van der Waals surface area contributed by atoms with Crippen molar-refractivity contribution in [3.63, 3.8) is 0 Å². The van der Waals surface area contributed by atoms with Gasteiger partial charge in [-0.25, -0.2) is 0 Å². The Labute approximate surface area is 119 Å². The smallest absolute Gasteiger partial charge is 2.00 e. The first-order valence-corrected chi connectivity index (χ1v) is 5.50. The Morgan fingerprint density at radius 2 is 0.667 bits per heavy atom. The van der Waals surface area contributed by atoms with Crippen LogP contribution in [0.15, 0.2) is 0 Å². The molecule has 0 saturated carbocycles. The molecule has 0 aromatic heterocycles. The van der Waals surface area contributed by atoms with Gasteiger partial charge in [-0.3, -0.25) is 0 Å². The molecule has 0 aliphatic carbocycles. The minimum absolute atomic E-state index is 0. The van der Waals surface area contributed by atoms with Crippen molar-refractivity contribution < 1.29 is 75.6 Å².